The molecule has 0 radical (unpaired) electrons. The Morgan fingerprint density at radius 2 is 1.50 bits per heavy atom. The summed E-state index contributed by atoms with van der Waals surface area (Å²) >= 11 is 0. The van der Waals surface area contributed by atoms with E-state index < -0.39 is 34.3 Å². The second kappa shape index (κ2) is 16.7. The minimum Gasteiger partial charge on any atom is -0.497 e. The van der Waals surface area contributed by atoms with Crippen LogP contribution in [0.2, 0.25) is 0 Å². The number of amides is 2. The van der Waals surface area contributed by atoms with Gasteiger partial charge < -0.3 is 24.6 Å². The zero-order valence-electron chi connectivity index (χ0n) is 33.4. The fourth-order valence-corrected chi connectivity index (χ4v) is 6.51. The standard InChI is InChI=1S/C40H43FN6O7.C2H6/c1-24-11-16-31(30(41)21-24)42-34-32-33(25(2)35(48)43(34)6)47(38(51)46(37(32)50)23-26-12-14-29(53-7)15-13-26)28-10-8-9-27(22-28)36(49)44-17-19-45(20-18-44)39(52)54-40(3,4)5;1-2/h8-16,21-22,42H,17-20,23H2,1-7H3;1-2H3. The van der Waals surface area contributed by atoms with E-state index in [1.807, 2.05) is 13.8 Å². The summed E-state index contributed by atoms with van der Waals surface area (Å²) in [7, 11) is 3.00. The van der Waals surface area contributed by atoms with Crippen LogP contribution in [0.25, 0.3) is 16.6 Å². The van der Waals surface area contributed by atoms with Gasteiger partial charge in [-0.1, -0.05) is 38.1 Å². The van der Waals surface area contributed by atoms with Crippen molar-refractivity contribution in [3.63, 3.8) is 0 Å². The summed E-state index contributed by atoms with van der Waals surface area (Å²) in [5.74, 6) is -0.344. The third-order valence-electron chi connectivity index (χ3n) is 9.34. The molecule has 13 nitrogen and oxygen atoms in total. The van der Waals surface area contributed by atoms with Crippen molar-refractivity contribution in [2.45, 2.75) is 60.6 Å². The number of hydrogen-bond acceptors (Lipinski definition) is 8. The number of carbonyl (C=O) groups excluding carboxylic acids is 2. The van der Waals surface area contributed by atoms with Gasteiger partial charge >= 0.3 is 11.8 Å². The summed E-state index contributed by atoms with van der Waals surface area (Å²) in [5.41, 5.74) is -0.691. The maximum absolute atomic E-state index is 15.2. The Balaban J connectivity index is 0.00000295. The normalized spacial score (nSPS) is 12.9. The highest BCUT2D eigenvalue weighted by Crippen LogP contribution is 2.28. The minimum absolute atomic E-state index is 0.0133. The third-order valence-corrected chi connectivity index (χ3v) is 9.34. The zero-order valence-corrected chi connectivity index (χ0v) is 33.4. The van der Waals surface area contributed by atoms with Crippen LogP contribution in [0.4, 0.5) is 20.7 Å². The molecule has 3 heterocycles. The lowest BCUT2D eigenvalue weighted by atomic mass is 10.1. The van der Waals surface area contributed by atoms with Crippen molar-refractivity contribution in [3.05, 3.63) is 126 Å². The van der Waals surface area contributed by atoms with Crippen molar-refractivity contribution >= 4 is 34.4 Å². The van der Waals surface area contributed by atoms with Crippen molar-refractivity contribution in [2.24, 2.45) is 7.05 Å². The number of hydrogen-bond donors (Lipinski definition) is 1. The van der Waals surface area contributed by atoms with Crippen LogP contribution in [0.5, 0.6) is 5.75 Å². The molecule has 6 rings (SSSR count). The van der Waals surface area contributed by atoms with Crippen LogP contribution in [-0.2, 0) is 18.3 Å². The van der Waals surface area contributed by atoms with Gasteiger partial charge in [-0.2, -0.15) is 0 Å². The van der Waals surface area contributed by atoms with Crippen LogP contribution < -0.4 is 26.9 Å². The van der Waals surface area contributed by atoms with Gasteiger partial charge in [0.25, 0.3) is 17.0 Å². The number of fused-ring (bicyclic) bond motifs is 1. The third kappa shape index (κ3) is 8.38. The second-order valence-corrected chi connectivity index (χ2v) is 14.3. The number of nitrogens with one attached hydrogen (secondary N) is 1. The number of rotatable bonds is 7. The van der Waals surface area contributed by atoms with E-state index in [4.69, 9.17) is 9.47 Å². The number of methoxy groups -OCH3 is 1. The van der Waals surface area contributed by atoms with Crippen LogP contribution in [0.1, 0.15) is 61.7 Å². The highest BCUT2D eigenvalue weighted by molar-refractivity contribution is 5.96. The first-order valence-corrected chi connectivity index (χ1v) is 18.5. The van der Waals surface area contributed by atoms with Gasteiger partial charge in [0, 0.05) is 44.4 Å². The summed E-state index contributed by atoms with van der Waals surface area (Å²) in [6, 6.07) is 17.8. The first-order chi connectivity index (χ1) is 26.6. The number of piperazine rings is 1. The Bertz CT molecular complexity index is 2450. The summed E-state index contributed by atoms with van der Waals surface area (Å²) < 4.78 is 29.5. The van der Waals surface area contributed by atoms with Crippen LogP contribution in [0.3, 0.4) is 0 Å². The predicted molar refractivity (Wildman–Crippen MR) is 215 cm³/mol. The first kappa shape index (κ1) is 41.0. The fraction of sp³-hybridized carbons (Fsp3) is 0.357. The molecule has 1 saturated heterocycles. The molecule has 0 unspecified atom stereocenters. The molecule has 0 aliphatic carbocycles. The molecule has 2 amide bonds. The zero-order chi connectivity index (χ0) is 41.1. The maximum Gasteiger partial charge on any atom is 0.410 e. The van der Waals surface area contributed by atoms with E-state index in [2.05, 4.69) is 5.32 Å². The minimum atomic E-state index is -0.747. The fourth-order valence-electron chi connectivity index (χ4n) is 6.51. The predicted octanol–water partition coefficient (Wildman–Crippen LogP) is 6.13. The lowest BCUT2D eigenvalue weighted by Crippen LogP contribution is -2.51. The number of halogens is 1. The SMILES string of the molecule is CC.COc1ccc(Cn2c(=O)c3c(Nc4ccc(C)cc4F)n(C)c(=O)c(C)c3n(-c3cccc(C(=O)N4CCN(C(=O)OC(C)(C)C)CC4)c3)c2=O)cc1. The molecular formula is C42H49FN6O7. The van der Waals surface area contributed by atoms with Gasteiger partial charge in [-0.05, 0) is 88.2 Å². The average molecular weight is 769 g/mol. The molecule has 14 heteroatoms. The van der Waals surface area contributed by atoms with Gasteiger partial charge in [0.15, 0.2) is 0 Å². The van der Waals surface area contributed by atoms with Gasteiger partial charge in [-0.25, -0.2) is 14.0 Å². The molecule has 0 atom stereocenters. The molecule has 1 aliphatic rings. The van der Waals surface area contributed by atoms with E-state index in [0.29, 0.717) is 16.9 Å². The lowest BCUT2D eigenvalue weighted by Gasteiger charge is -2.35. The van der Waals surface area contributed by atoms with Crippen LogP contribution in [0, 0.1) is 19.7 Å². The highest BCUT2D eigenvalue weighted by Gasteiger charge is 2.29. The lowest BCUT2D eigenvalue weighted by molar-refractivity contribution is 0.0141. The van der Waals surface area contributed by atoms with E-state index in [-0.39, 0.29) is 77.9 Å². The first-order valence-electron chi connectivity index (χ1n) is 18.5. The Morgan fingerprint density at radius 3 is 2.11 bits per heavy atom. The number of carbonyl (C=O) groups is 2. The molecule has 296 valence electrons. The Hall–Kier alpha value is -6.18. The largest absolute Gasteiger partial charge is 0.497 e. The van der Waals surface area contributed by atoms with Gasteiger partial charge in [0.05, 0.1) is 30.5 Å². The van der Waals surface area contributed by atoms with Crippen LogP contribution >= 0.6 is 0 Å². The molecule has 1 aliphatic heterocycles. The van der Waals surface area contributed by atoms with Crippen LogP contribution in [0.15, 0.2) is 81.1 Å². The van der Waals surface area contributed by atoms with Gasteiger partial charge in [-0.3, -0.25) is 28.1 Å². The average Bonchev–Trinajstić information content (AvgIpc) is 3.18. The topological polar surface area (TPSA) is 137 Å². The molecule has 0 spiro atoms. The summed E-state index contributed by atoms with van der Waals surface area (Å²) in [6.45, 7) is 13.6. The molecular weight excluding hydrogens is 719 g/mol. The molecule has 56 heavy (non-hydrogen) atoms. The van der Waals surface area contributed by atoms with Gasteiger partial charge in [-0.15, -0.1) is 0 Å². The molecule has 3 aromatic carbocycles. The number of pyridine rings is 1. The van der Waals surface area contributed by atoms with E-state index in [1.54, 1.807) is 86.0 Å². The monoisotopic (exact) mass is 768 g/mol. The number of ether oxygens (including phenoxy) is 2. The van der Waals surface area contributed by atoms with E-state index in [0.717, 1.165) is 4.57 Å². The number of nitrogens with zero attached hydrogens (tertiary/aromatic N) is 5. The molecule has 1 N–H and O–H groups in total. The Morgan fingerprint density at radius 1 is 0.857 bits per heavy atom. The molecule has 5 aromatic rings. The Kier molecular flexibility index (Phi) is 12.2. The van der Waals surface area contributed by atoms with Crippen molar-refractivity contribution in [1.82, 2.24) is 23.5 Å². The van der Waals surface area contributed by atoms with Crippen molar-refractivity contribution in [2.75, 3.05) is 38.6 Å². The van der Waals surface area contributed by atoms with E-state index in [1.165, 1.54) is 48.4 Å². The number of benzene rings is 3. The summed E-state index contributed by atoms with van der Waals surface area (Å²) in [6.07, 6.45) is -0.451. The summed E-state index contributed by atoms with van der Waals surface area (Å²) in [5, 5.41) is 2.94. The molecule has 2 aromatic heterocycles. The van der Waals surface area contributed by atoms with E-state index in [9.17, 15) is 24.0 Å². The van der Waals surface area contributed by atoms with Crippen molar-refractivity contribution in [1.29, 1.82) is 0 Å². The molecule has 0 saturated carbocycles. The van der Waals surface area contributed by atoms with Crippen molar-refractivity contribution < 1.29 is 23.5 Å². The highest BCUT2D eigenvalue weighted by atomic mass is 19.1. The van der Waals surface area contributed by atoms with Crippen LogP contribution in [-0.4, -0.2) is 74.4 Å². The second-order valence-electron chi connectivity index (χ2n) is 14.3. The molecule has 0 bridgehead atoms. The number of aromatic nitrogens is 3. The van der Waals surface area contributed by atoms with Gasteiger partial charge in [0.1, 0.15) is 28.4 Å². The smallest absolute Gasteiger partial charge is 0.410 e. The van der Waals surface area contributed by atoms with Gasteiger partial charge in [0.2, 0.25) is 0 Å². The Labute approximate surface area is 324 Å². The quantitative estimate of drug-likeness (QED) is 0.209. The summed E-state index contributed by atoms with van der Waals surface area (Å²) in [4.78, 5) is 72.6. The molecule has 1 fully saturated rings. The number of aryl methyl sites for hydroxylation is 2. The van der Waals surface area contributed by atoms with Crippen molar-refractivity contribution in [3.8, 4) is 11.4 Å². The number of anilines is 2. The van der Waals surface area contributed by atoms with E-state index >= 15 is 4.39 Å². The maximum atomic E-state index is 15.2.